The van der Waals surface area contributed by atoms with Gasteiger partial charge in [-0.1, -0.05) is 11.6 Å². The van der Waals surface area contributed by atoms with E-state index in [0.29, 0.717) is 18.9 Å². The van der Waals surface area contributed by atoms with Gasteiger partial charge in [-0.15, -0.1) is 10.2 Å². The van der Waals surface area contributed by atoms with Gasteiger partial charge in [0.25, 0.3) is 0 Å². The molecule has 1 fully saturated rings. The maximum atomic E-state index is 15.7. The Kier molecular flexibility index (Phi) is 3.39. The smallest absolute Gasteiger partial charge is 0.318 e. The Labute approximate surface area is 128 Å². The van der Waals surface area contributed by atoms with E-state index in [4.69, 9.17) is 11.6 Å². The summed E-state index contributed by atoms with van der Waals surface area (Å²) in [4.78, 5) is 3.23. The van der Waals surface area contributed by atoms with Crippen molar-refractivity contribution in [2.45, 2.75) is 24.7 Å². The molecular formula is C13H11ClF4N4. The summed E-state index contributed by atoms with van der Waals surface area (Å²) in [5.41, 5.74) is -3.59. The van der Waals surface area contributed by atoms with E-state index >= 15 is 4.39 Å². The molecule has 118 valence electrons. The number of aryl methyl sites for hydroxylation is 1. The predicted molar refractivity (Wildman–Crippen MR) is 69.9 cm³/mol. The molecule has 3 rings (SSSR count). The molecule has 9 heteroatoms. The first-order valence-corrected chi connectivity index (χ1v) is 6.89. The van der Waals surface area contributed by atoms with E-state index in [0.717, 1.165) is 6.07 Å². The molecule has 0 amide bonds. The summed E-state index contributed by atoms with van der Waals surface area (Å²) in [7, 11) is 1.54. The molecule has 0 spiro atoms. The Bertz CT molecular complexity index is 710. The highest BCUT2D eigenvalue weighted by Crippen LogP contribution is 2.52. The maximum Gasteiger partial charge on any atom is 0.433 e. The standard InChI is InChI=1S/C13H11ClF4N4/c1-22-6-19-21-11(22)12(15,7-2-3-7)8-4-9(13(16,17)18)20-10(14)5-8/h4-7H,2-3H2,1H3. The second-order valence-electron chi connectivity index (χ2n) is 5.31. The van der Waals surface area contributed by atoms with Gasteiger partial charge >= 0.3 is 6.18 Å². The van der Waals surface area contributed by atoms with Crippen LogP contribution in [0.5, 0.6) is 0 Å². The van der Waals surface area contributed by atoms with E-state index in [-0.39, 0.29) is 11.4 Å². The fourth-order valence-corrected chi connectivity index (χ4v) is 2.70. The Balaban J connectivity index is 2.18. The quantitative estimate of drug-likeness (QED) is 0.637. The summed E-state index contributed by atoms with van der Waals surface area (Å²) in [6.07, 6.45) is -2.28. The number of alkyl halides is 4. The number of aromatic nitrogens is 4. The van der Waals surface area contributed by atoms with Crippen LogP contribution >= 0.6 is 11.6 Å². The highest BCUT2D eigenvalue weighted by atomic mass is 35.5. The number of hydrogen-bond donors (Lipinski definition) is 0. The average molecular weight is 335 g/mol. The lowest BCUT2D eigenvalue weighted by atomic mass is 9.89. The molecule has 22 heavy (non-hydrogen) atoms. The molecule has 0 bridgehead atoms. The summed E-state index contributed by atoms with van der Waals surface area (Å²) >= 11 is 5.67. The molecule has 2 heterocycles. The molecule has 0 aromatic carbocycles. The molecule has 2 aromatic heterocycles. The van der Waals surface area contributed by atoms with Crippen molar-refractivity contribution in [3.63, 3.8) is 0 Å². The van der Waals surface area contributed by atoms with Crippen LogP contribution in [0.4, 0.5) is 17.6 Å². The van der Waals surface area contributed by atoms with Gasteiger partial charge in [-0.3, -0.25) is 0 Å². The Hall–Kier alpha value is -1.70. The largest absolute Gasteiger partial charge is 0.433 e. The highest BCUT2D eigenvalue weighted by molar-refractivity contribution is 6.29. The molecule has 4 nitrogen and oxygen atoms in total. The van der Waals surface area contributed by atoms with Crippen molar-refractivity contribution in [2.75, 3.05) is 0 Å². The summed E-state index contributed by atoms with van der Waals surface area (Å²) < 4.78 is 55.8. The number of pyridine rings is 1. The topological polar surface area (TPSA) is 43.6 Å². The van der Waals surface area contributed by atoms with Crippen molar-refractivity contribution in [3.8, 4) is 0 Å². The lowest BCUT2D eigenvalue weighted by Crippen LogP contribution is -2.29. The summed E-state index contributed by atoms with van der Waals surface area (Å²) in [5.74, 6) is -0.486. The van der Waals surface area contributed by atoms with Gasteiger partial charge in [0, 0.05) is 18.5 Å². The number of hydrogen-bond acceptors (Lipinski definition) is 3. The molecular weight excluding hydrogens is 324 g/mol. The lowest BCUT2D eigenvalue weighted by Gasteiger charge is -2.25. The highest BCUT2D eigenvalue weighted by Gasteiger charge is 2.52. The van der Waals surface area contributed by atoms with Gasteiger partial charge in [-0.25, -0.2) is 9.37 Å². The van der Waals surface area contributed by atoms with Crippen molar-refractivity contribution in [3.05, 3.63) is 40.7 Å². The molecule has 1 aliphatic carbocycles. The Morgan fingerprint density at radius 1 is 1.23 bits per heavy atom. The first kappa shape index (κ1) is 15.2. The average Bonchev–Trinajstić information content (AvgIpc) is 3.19. The normalized spacial score (nSPS) is 18.3. The van der Waals surface area contributed by atoms with Gasteiger partial charge in [0.15, 0.2) is 11.5 Å². The number of nitrogens with zero attached hydrogens (tertiary/aromatic N) is 4. The van der Waals surface area contributed by atoms with Crippen LogP contribution in [0.1, 0.15) is 29.9 Å². The van der Waals surface area contributed by atoms with Crippen molar-refractivity contribution in [2.24, 2.45) is 13.0 Å². The van der Waals surface area contributed by atoms with Crippen LogP contribution < -0.4 is 0 Å². The molecule has 0 aliphatic heterocycles. The third-order valence-corrected chi connectivity index (χ3v) is 3.87. The van der Waals surface area contributed by atoms with Crippen molar-refractivity contribution >= 4 is 11.6 Å². The van der Waals surface area contributed by atoms with Gasteiger partial charge in [0.2, 0.25) is 0 Å². The monoisotopic (exact) mass is 334 g/mol. The lowest BCUT2D eigenvalue weighted by molar-refractivity contribution is -0.141. The van der Waals surface area contributed by atoms with Crippen LogP contribution in [0.25, 0.3) is 0 Å². The Morgan fingerprint density at radius 2 is 1.91 bits per heavy atom. The molecule has 1 saturated carbocycles. The van der Waals surface area contributed by atoms with E-state index in [1.807, 2.05) is 0 Å². The van der Waals surface area contributed by atoms with Gasteiger partial charge in [-0.2, -0.15) is 13.2 Å². The molecule has 0 radical (unpaired) electrons. The van der Waals surface area contributed by atoms with Crippen LogP contribution in [-0.4, -0.2) is 19.7 Å². The molecule has 1 unspecified atom stereocenters. The number of rotatable bonds is 3. The van der Waals surface area contributed by atoms with Crippen LogP contribution in [-0.2, 0) is 18.9 Å². The third-order valence-electron chi connectivity index (χ3n) is 3.68. The number of halogens is 5. The van der Waals surface area contributed by atoms with Crippen LogP contribution in [0.15, 0.2) is 18.5 Å². The van der Waals surface area contributed by atoms with Crippen molar-refractivity contribution in [1.29, 1.82) is 0 Å². The van der Waals surface area contributed by atoms with Crippen LogP contribution in [0.3, 0.4) is 0 Å². The minimum Gasteiger partial charge on any atom is -0.318 e. The van der Waals surface area contributed by atoms with Gasteiger partial charge in [-0.05, 0) is 25.0 Å². The van der Waals surface area contributed by atoms with E-state index < -0.39 is 28.6 Å². The van der Waals surface area contributed by atoms with E-state index in [2.05, 4.69) is 15.2 Å². The first-order valence-electron chi connectivity index (χ1n) is 6.51. The van der Waals surface area contributed by atoms with Crippen molar-refractivity contribution in [1.82, 2.24) is 19.7 Å². The SMILES string of the molecule is Cn1cnnc1C(F)(c1cc(Cl)nc(C(F)(F)F)c1)C1CC1. The van der Waals surface area contributed by atoms with E-state index in [1.54, 1.807) is 7.05 Å². The second kappa shape index (κ2) is 4.91. The summed E-state index contributed by atoms with van der Waals surface area (Å²) in [6, 6.07) is 1.81. The van der Waals surface area contributed by atoms with Gasteiger partial charge < -0.3 is 4.57 Å². The molecule has 1 atom stereocenters. The molecule has 0 saturated heterocycles. The third kappa shape index (κ3) is 2.45. The molecule has 2 aromatic rings. The maximum absolute atomic E-state index is 15.7. The minimum atomic E-state index is -4.70. The zero-order valence-electron chi connectivity index (χ0n) is 11.4. The van der Waals surface area contributed by atoms with E-state index in [9.17, 15) is 13.2 Å². The molecule has 0 N–H and O–H groups in total. The van der Waals surface area contributed by atoms with Crippen LogP contribution in [0, 0.1) is 5.92 Å². The predicted octanol–water partition coefficient (Wildman–Crippen LogP) is 3.51. The fourth-order valence-electron chi connectivity index (χ4n) is 2.49. The van der Waals surface area contributed by atoms with Gasteiger partial charge in [0.05, 0.1) is 0 Å². The van der Waals surface area contributed by atoms with E-state index in [1.165, 1.54) is 10.9 Å². The first-order chi connectivity index (χ1) is 10.2. The summed E-state index contributed by atoms with van der Waals surface area (Å²) in [5, 5.41) is 6.95. The summed E-state index contributed by atoms with van der Waals surface area (Å²) in [6.45, 7) is 0. The van der Waals surface area contributed by atoms with Gasteiger partial charge in [0.1, 0.15) is 17.2 Å². The zero-order chi connectivity index (χ0) is 16.1. The second-order valence-corrected chi connectivity index (χ2v) is 5.70. The zero-order valence-corrected chi connectivity index (χ0v) is 12.2. The van der Waals surface area contributed by atoms with Crippen LogP contribution in [0.2, 0.25) is 5.15 Å². The minimum absolute atomic E-state index is 0.0367. The fraction of sp³-hybridized carbons (Fsp3) is 0.462. The Morgan fingerprint density at radius 3 is 2.41 bits per heavy atom. The molecule has 1 aliphatic rings. The van der Waals surface area contributed by atoms with Crippen molar-refractivity contribution < 1.29 is 17.6 Å².